The lowest BCUT2D eigenvalue weighted by molar-refractivity contribution is -0.114. The average molecular weight is 186 g/mol. The molecule has 0 aliphatic carbocycles. The Hall–Kier alpha value is -0.273. The molecule has 0 saturated carbocycles. The van der Waals surface area contributed by atoms with Crippen molar-refractivity contribution in [1.82, 2.24) is 0 Å². The maximum atomic E-state index is 11.3. The molecular weight excluding hydrogens is 185 g/mol. The summed E-state index contributed by atoms with van der Waals surface area (Å²) in [5.41, 5.74) is 0. The second-order valence-electron chi connectivity index (χ2n) is 1.45. The molecule has 0 nitrogen and oxygen atoms in total. The third-order valence-electron chi connectivity index (χ3n) is 0.575. The Morgan fingerprint density at radius 2 is 0.900 bits per heavy atom. The van der Waals surface area contributed by atoms with Gasteiger partial charge < -0.3 is 0 Å². The molecule has 62 valence electrons. The Labute approximate surface area is 52.4 Å². The maximum Gasteiger partial charge on any atom is 0.465 e. The molecule has 0 aromatic heterocycles. The molecule has 0 bridgehead atoms. The van der Waals surface area contributed by atoms with Gasteiger partial charge in [0.15, 0.2) is 0 Å². The van der Waals surface area contributed by atoms with Crippen molar-refractivity contribution in [2.75, 3.05) is 0 Å². The van der Waals surface area contributed by atoms with Gasteiger partial charge in [0.1, 0.15) is 0 Å². The Balaban J connectivity index is 4.23. The van der Waals surface area contributed by atoms with Crippen LogP contribution in [0.5, 0.6) is 0 Å². The van der Waals surface area contributed by atoms with Crippen molar-refractivity contribution >= 4 is 9.13 Å². The minimum Gasteiger partial charge on any atom is -0.296 e. The van der Waals surface area contributed by atoms with E-state index in [2.05, 4.69) is 0 Å². The van der Waals surface area contributed by atoms with E-state index in [4.69, 9.17) is 0 Å². The highest BCUT2D eigenvalue weighted by Gasteiger charge is 2.60. The number of rotatable bonds is 0. The number of hydrogen-bond donors (Lipinski definition) is 0. The number of alkyl halides is 6. The molecule has 0 atom stereocenters. The Morgan fingerprint density at radius 3 is 0.900 bits per heavy atom. The predicted octanol–water partition coefficient (Wildman–Crippen LogP) is 1.88. The van der Waals surface area contributed by atoms with Gasteiger partial charge in [-0.05, 0) is 0 Å². The molecule has 8 heteroatoms. The van der Waals surface area contributed by atoms with Crippen LogP contribution in [0.15, 0.2) is 0 Å². The van der Waals surface area contributed by atoms with Gasteiger partial charge in [0.05, 0.1) is 0 Å². The molecule has 0 saturated heterocycles. The summed E-state index contributed by atoms with van der Waals surface area (Å²) in [7, 11) is -6.08. The second kappa shape index (κ2) is 2.40. The minimum atomic E-state index is -6.08. The summed E-state index contributed by atoms with van der Waals surface area (Å²) in [6, 6.07) is 0. The normalized spacial score (nSPS) is 14.4. The van der Waals surface area contributed by atoms with Crippen LogP contribution in [0.4, 0.5) is 30.5 Å². The molecule has 0 aliphatic heterocycles. The van der Waals surface area contributed by atoms with Gasteiger partial charge in [0.25, 0.3) is 0 Å². The lowest BCUT2D eigenvalue weighted by atomic mass is 11.5. The summed E-state index contributed by atoms with van der Waals surface area (Å²) in [4.78, 5) is 0. The number of halogens is 7. The summed E-state index contributed by atoms with van der Waals surface area (Å²) in [5, 5.41) is 0. The van der Waals surface area contributed by atoms with Gasteiger partial charge in [-0.1, -0.05) is 0 Å². The zero-order valence-electron chi connectivity index (χ0n) is 4.22. The van der Waals surface area contributed by atoms with E-state index < -0.39 is 20.7 Å². The zero-order valence-corrected chi connectivity index (χ0v) is 5.38. The van der Waals surface area contributed by atoms with E-state index in [9.17, 15) is 30.5 Å². The van der Waals surface area contributed by atoms with Crippen molar-refractivity contribution in [3.05, 3.63) is 0 Å². The van der Waals surface area contributed by atoms with Crippen LogP contribution in [0.1, 0.15) is 0 Å². The summed E-state index contributed by atoms with van der Waals surface area (Å²) in [5.74, 6) is -11.4. The molecule has 10 heavy (non-hydrogen) atoms. The van der Waals surface area contributed by atoms with Crippen LogP contribution in [0.3, 0.4) is 0 Å². The summed E-state index contributed by atoms with van der Waals surface area (Å²) < 4.78 is 76.8. The van der Waals surface area contributed by atoms with Gasteiger partial charge in [-0.15, -0.1) is 0 Å². The maximum absolute atomic E-state index is 11.3. The fourth-order valence-electron chi connectivity index (χ4n) is 0.186. The molecule has 0 fully saturated rings. The van der Waals surface area contributed by atoms with E-state index in [-0.39, 0.29) is 0 Å². The van der Waals surface area contributed by atoms with Gasteiger partial charge >= 0.3 is 20.7 Å². The van der Waals surface area contributed by atoms with Gasteiger partial charge in [-0.2, -0.15) is 26.3 Å². The minimum absolute atomic E-state index is 5.71. The van der Waals surface area contributed by atoms with Gasteiger partial charge in [0, 0.05) is 0 Å². The van der Waals surface area contributed by atoms with E-state index >= 15 is 0 Å². The molecule has 0 unspecified atom stereocenters. The van der Waals surface area contributed by atoms with E-state index in [0.717, 1.165) is 0 Å². The van der Waals surface area contributed by atoms with Crippen molar-refractivity contribution < 1.29 is 30.5 Å². The van der Waals surface area contributed by atoms with Gasteiger partial charge in [-0.3, -0.25) is 4.11 Å². The lowest BCUT2D eigenvalue weighted by Crippen LogP contribution is -2.43. The quantitative estimate of drug-likeness (QED) is 0.308. The molecule has 0 radical (unpaired) electrons. The average Bonchev–Trinajstić information content (AvgIpc) is 1.59. The monoisotopic (exact) mass is 186 g/mol. The molecule has 0 aliphatic rings. The third kappa shape index (κ3) is 2.54. The smallest absolute Gasteiger partial charge is 0.296 e. The van der Waals surface area contributed by atoms with Crippen molar-refractivity contribution in [2.24, 2.45) is 0 Å². The molecule has 0 aromatic rings. The van der Waals surface area contributed by atoms with Crippen LogP contribution in [-0.2, 0) is 0 Å². The van der Waals surface area contributed by atoms with Crippen LogP contribution in [0, 0.1) is 0 Å². The first-order valence-corrected chi connectivity index (χ1v) is 3.52. The summed E-state index contributed by atoms with van der Waals surface area (Å²) in [6.07, 6.45) is 0. The van der Waals surface area contributed by atoms with Gasteiger partial charge in [0.2, 0.25) is 0 Å². The van der Waals surface area contributed by atoms with Crippen molar-refractivity contribution in [2.45, 2.75) is 11.6 Å². The molecule has 0 heterocycles. The van der Waals surface area contributed by atoms with Crippen molar-refractivity contribution in [3.8, 4) is 0 Å². The zero-order chi connectivity index (χ0) is 8.58. The van der Waals surface area contributed by atoms with Crippen molar-refractivity contribution in [1.29, 1.82) is 0 Å². The highest BCUT2D eigenvalue weighted by Crippen LogP contribution is 2.31. The molecule has 0 N–H and O–H groups in total. The topological polar surface area (TPSA) is 0 Å². The van der Waals surface area contributed by atoms with E-state index in [1.54, 1.807) is 0 Å². The van der Waals surface area contributed by atoms with Gasteiger partial charge in [-0.25, -0.2) is 0 Å². The molecular formula is C2HF7Si. The first kappa shape index (κ1) is 9.73. The van der Waals surface area contributed by atoms with E-state index in [1.165, 1.54) is 0 Å². The van der Waals surface area contributed by atoms with Crippen LogP contribution in [-0.4, -0.2) is 20.7 Å². The van der Waals surface area contributed by atoms with Crippen LogP contribution < -0.4 is 0 Å². The first-order chi connectivity index (χ1) is 4.15. The third-order valence-corrected chi connectivity index (χ3v) is 1.72. The van der Waals surface area contributed by atoms with Crippen LogP contribution >= 0.6 is 0 Å². The summed E-state index contributed by atoms with van der Waals surface area (Å²) >= 11 is 0. The Morgan fingerprint density at radius 1 is 0.700 bits per heavy atom. The summed E-state index contributed by atoms with van der Waals surface area (Å²) in [6.45, 7) is 0. The van der Waals surface area contributed by atoms with Crippen molar-refractivity contribution in [3.63, 3.8) is 0 Å². The fourth-order valence-corrected chi connectivity index (χ4v) is 0.557. The molecule has 0 spiro atoms. The SMILES string of the molecule is F[SiH](C(F)(F)F)C(F)(F)F. The highest BCUT2D eigenvalue weighted by atomic mass is 28.3. The first-order valence-electron chi connectivity index (χ1n) is 1.93. The second-order valence-corrected chi connectivity index (χ2v) is 3.48. The largest absolute Gasteiger partial charge is 0.465 e. The lowest BCUT2D eigenvalue weighted by Gasteiger charge is -2.12. The van der Waals surface area contributed by atoms with Crippen LogP contribution in [0.2, 0.25) is 0 Å². The Bertz CT molecular complexity index is 95.8. The standard InChI is InChI=1S/C2HF7Si/c3-1(4,5)10(9)2(6,7)8/h10H. The van der Waals surface area contributed by atoms with E-state index in [1.807, 2.05) is 0 Å². The molecule has 0 aromatic carbocycles. The van der Waals surface area contributed by atoms with E-state index in [0.29, 0.717) is 0 Å². The van der Waals surface area contributed by atoms with Crippen LogP contribution in [0.25, 0.3) is 0 Å². The molecule has 0 rings (SSSR count). The highest BCUT2D eigenvalue weighted by molar-refractivity contribution is 6.55. The Kier molecular flexibility index (Phi) is 2.34. The molecule has 0 amide bonds. The number of hydrogen-bond acceptors (Lipinski definition) is 0. The predicted molar refractivity (Wildman–Crippen MR) is 20.4 cm³/mol. The fraction of sp³-hybridized carbons (Fsp3) is 1.00.